The number of esters is 3. The first-order valence-corrected chi connectivity index (χ1v) is 30.4. The lowest BCUT2D eigenvalue weighted by molar-refractivity contribution is -0.167. The molecule has 0 saturated carbocycles. The highest BCUT2D eigenvalue weighted by molar-refractivity contribution is 5.71. The first-order chi connectivity index (χ1) is 35.0. The maximum atomic E-state index is 12.9. The predicted octanol–water partition coefficient (Wildman–Crippen LogP) is 20.5. The van der Waals surface area contributed by atoms with Gasteiger partial charge in [0.2, 0.25) is 0 Å². The quantitative estimate of drug-likeness (QED) is 0.0261. The van der Waals surface area contributed by atoms with Gasteiger partial charge < -0.3 is 14.2 Å². The third-order valence-electron chi connectivity index (χ3n) is 13.2. The molecule has 0 heterocycles. The van der Waals surface area contributed by atoms with E-state index in [4.69, 9.17) is 14.2 Å². The highest BCUT2D eigenvalue weighted by Crippen LogP contribution is 2.16. The lowest BCUT2D eigenvalue weighted by Crippen LogP contribution is -2.30. The van der Waals surface area contributed by atoms with E-state index >= 15 is 0 Å². The Morgan fingerprint density at radius 3 is 0.915 bits per heavy atom. The number of ether oxygens (including phenoxy) is 3. The summed E-state index contributed by atoms with van der Waals surface area (Å²) >= 11 is 0. The zero-order valence-corrected chi connectivity index (χ0v) is 47.0. The molecule has 1 atom stereocenters. The van der Waals surface area contributed by atoms with Crippen molar-refractivity contribution < 1.29 is 28.6 Å². The molecule has 0 bridgehead atoms. The van der Waals surface area contributed by atoms with Crippen LogP contribution in [0.3, 0.4) is 0 Å². The molecule has 410 valence electrons. The van der Waals surface area contributed by atoms with Gasteiger partial charge in [-0.3, -0.25) is 14.4 Å². The van der Waals surface area contributed by atoms with E-state index in [0.717, 1.165) is 77.0 Å². The molecule has 0 amide bonds. The Bertz CT molecular complexity index is 1320. The molecule has 0 radical (unpaired) electrons. The fourth-order valence-electron chi connectivity index (χ4n) is 8.65. The molecule has 0 fully saturated rings. The molecule has 0 aliphatic carbocycles. The van der Waals surface area contributed by atoms with Gasteiger partial charge in [0, 0.05) is 19.3 Å². The van der Waals surface area contributed by atoms with Gasteiger partial charge >= 0.3 is 17.9 Å². The molecule has 0 saturated heterocycles. The topological polar surface area (TPSA) is 78.9 Å². The Morgan fingerprint density at radius 1 is 0.296 bits per heavy atom. The van der Waals surface area contributed by atoms with Crippen LogP contribution in [0, 0.1) is 0 Å². The Kier molecular flexibility index (Phi) is 56.8. The van der Waals surface area contributed by atoms with E-state index in [1.807, 2.05) is 0 Å². The SMILES string of the molecule is CC/C=C\C/C=C\C/C=C\C/C=C\C/C=C\CCCC(=O)O[C@@H](COC(=O)CCCCCCCCC/C=C\CCCCCCCCCC)COC(=O)CCCCCCCCCCCCCCCCCCC. The monoisotopic (exact) mass is 991 g/mol. The number of allylic oxidation sites excluding steroid dienone is 12. The highest BCUT2D eigenvalue weighted by atomic mass is 16.6. The molecule has 0 aromatic rings. The van der Waals surface area contributed by atoms with Gasteiger partial charge in [0.05, 0.1) is 0 Å². The lowest BCUT2D eigenvalue weighted by atomic mass is 10.0. The van der Waals surface area contributed by atoms with Gasteiger partial charge in [0.25, 0.3) is 0 Å². The molecule has 0 spiro atoms. The van der Waals surface area contributed by atoms with Crippen molar-refractivity contribution >= 4 is 17.9 Å². The molecule has 0 N–H and O–H groups in total. The van der Waals surface area contributed by atoms with Crippen LogP contribution in [0.15, 0.2) is 72.9 Å². The second-order valence-corrected chi connectivity index (χ2v) is 20.2. The van der Waals surface area contributed by atoms with Crippen molar-refractivity contribution in [3.63, 3.8) is 0 Å². The van der Waals surface area contributed by atoms with E-state index in [2.05, 4.69) is 93.7 Å². The van der Waals surface area contributed by atoms with Crippen LogP contribution in [0.5, 0.6) is 0 Å². The van der Waals surface area contributed by atoms with Gasteiger partial charge in [-0.2, -0.15) is 0 Å². The van der Waals surface area contributed by atoms with Crippen LogP contribution >= 0.6 is 0 Å². The van der Waals surface area contributed by atoms with Crippen LogP contribution in [0.1, 0.15) is 303 Å². The van der Waals surface area contributed by atoms with Crippen molar-refractivity contribution in [3.05, 3.63) is 72.9 Å². The summed E-state index contributed by atoms with van der Waals surface area (Å²) < 4.78 is 16.9. The van der Waals surface area contributed by atoms with Gasteiger partial charge in [-0.1, -0.05) is 273 Å². The minimum Gasteiger partial charge on any atom is -0.462 e. The second kappa shape index (κ2) is 59.4. The average Bonchev–Trinajstić information content (AvgIpc) is 3.37. The van der Waals surface area contributed by atoms with E-state index in [-0.39, 0.29) is 37.5 Å². The second-order valence-electron chi connectivity index (χ2n) is 20.2. The molecule has 0 unspecified atom stereocenters. The molecule has 6 nitrogen and oxygen atoms in total. The first kappa shape index (κ1) is 67.8. The summed E-state index contributed by atoms with van der Waals surface area (Å²) in [6.07, 6.45) is 76.2. The Balaban J connectivity index is 4.43. The van der Waals surface area contributed by atoms with Gasteiger partial charge in [-0.15, -0.1) is 0 Å². The predicted molar refractivity (Wildman–Crippen MR) is 307 cm³/mol. The third-order valence-corrected chi connectivity index (χ3v) is 13.2. The molecule has 0 aliphatic heterocycles. The number of carbonyl (C=O) groups is 3. The standard InChI is InChI=1S/C65H114O6/c1-4-7-10-13-16-19-22-25-28-31-32-35-37-40-43-46-49-52-55-58-64(67)70-61-62(71-65(68)59-56-53-50-47-44-41-38-34-30-27-24-21-18-15-12-9-6-3)60-69-63(66)57-54-51-48-45-42-39-36-33-29-26-23-20-17-14-11-8-5-2/h9,12,18,21,27,30-32,38,41,47,50,62H,4-8,10-11,13-17,19-20,22-26,28-29,33-37,39-40,42-46,48-49,51-61H2,1-3H3/b12-9-,21-18-,30-27-,32-31-,41-38-,50-47-/t62-/m1/s1. The Hall–Kier alpha value is -3.15. The number of rotatable bonds is 55. The molecule has 71 heavy (non-hydrogen) atoms. The van der Waals surface area contributed by atoms with Gasteiger partial charge in [-0.05, 0) is 83.5 Å². The summed E-state index contributed by atoms with van der Waals surface area (Å²) in [5.41, 5.74) is 0. The van der Waals surface area contributed by atoms with Crippen LogP contribution in [0.4, 0.5) is 0 Å². The number of hydrogen-bond acceptors (Lipinski definition) is 6. The Morgan fingerprint density at radius 2 is 0.563 bits per heavy atom. The molecule has 0 aliphatic rings. The highest BCUT2D eigenvalue weighted by Gasteiger charge is 2.19. The van der Waals surface area contributed by atoms with Crippen LogP contribution in [0.25, 0.3) is 0 Å². The van der Waals surface area contributed by atoms with Crippen molar-refractivity contribution in [2.75, 3.05) is 13.2 Å². The summed E-state index contributed by atoms with van der Waals surface area (Å²) in [5, 5.41) is 0. The molecule has 6 heteroatoms. The number of carbonyl (C=O) groups excluding carboxylic acids is 3. The first-order valence-electron chi connectivity index (χ1n) is 30.4. The zero-order valence-electron chi connectivity index (χ0n) is 47.0. The Labute approximate surface area is 440 Å². The van der Waals surface area contributed by atoms with Crippen molar-refractivity contribution in [1.29, 1.82) is 0 Å². The van der Waals surface area contributed by atoms with Gasteiger partial charge in [0.1, 0.15) is 13.2 Å². The summed E-state index contributed by atoms with van der Waals surface area (Å²) in [5.74, 6) is -0.947. The van der Waals surface area contributed by atoms with Crippen LogP contribution in [-0.4, -0.2) is 37.2 Å². The van der Waals surface area contributed by atoms with Crippen molar-refractivity contribution in [2.45, 2.75) is 309 Å². The summed E-state index contributed by atoms with van der Waals surface area (Å²) in [6.45, 7) is 6.51. The minimum atomic E-state index is -0.806. The van der Waals surface area contributed by atoms with Gasteiger partial charge in [-0.25, -0.2) is 0 Å². The molecule has 0 aromatic carbocycles. The summed E-state index contributed by atoms with van der Waals surface area (Å²) in [7, 11) is 0. The van der Waals surface area contributed by atoms with Gasteiger partial charge in [0.15, 0.2) is 6.10 Å². The fourth-order valence-corrected chi connectivity index (χ4v) is 8.65. The van der Waals surface area contributed by atoms with E-state index in [0.29, 0.717) is 19.3 Å². The number of hydrogen-bond donors (Lipinski definition) is 0. The minimum absolute atomic E-state index is 0.0966. The zero-order chi connectivity index (χ0) is 51.4. The van der Waals surface area contributed by atoms with E-state index in [1.165, 1.54) is 180 Å². The van der Waals surface area contributed by atoms with Crippen molar-refractivity contribution in [1.82, 2.24) is 0 Å². The summed E-state index contributed by atoms with van der Waals surface area (Å²) in [6, 6.07) is 0. The van der Waals surface area contributed by atoms with Crippen LogP contribution < -0.4 is 0 Å². The van der Waals surface area contributed by atoms with Crippen molar-refractivity contribution in [2.24, 2.45) is 0 Å². The molecule has 0 aromatic heterocycles. The molecule has 0 rings (SSSR count). The van der Waals surface area contributed by atoms with Crippen molar-refractivity contribution in [3.8, 4) is 0 Å². The average molecular weight is 992 g/mol. The van der Waals surface area contributed by atoms with E-state index < -0.39 is 6.10 Å². The largest absolute Gasteiger partial charge is 0.462 e. The maximum absolute atomic E-state index is 12.9. The summed E-state index contributed by atoms with van der Waals surface area (Å²) in [4.78, 5) is 38.2. The smallest absolute Gasteiger partial charge is 0.306 e. The lowest BCUT2D eigenvalue weighted by Gasteiger charge is -2.18. The van der Waals surface area contributed by atoms with E-state index in [9.17, 15) is 14.4 Å². The maximum Gasteiger partial charge on any atom is 0.306 e. The number of unbranched alkanes of at least 4 members (excludes halogenated alkanes) is 32. The molecular formula is C65H114O6. The normalized spacial score (nSPS) is 12.5. The van der Waals surface area contributed by atoms with Crippen LogP contribution in [-0.2, 0) is 28.6 Å². The molecular weight excluding hydrogens is 877 g/mol. The third kappa shape index (κ3) is 57.6. The van der Waals surface area contributed by atoms with E-state index in [1.54, 1.807) is 0 Å². The fraction of sp³-hybridized carbons (Fsp3) is 0.769. The van der Waals surface area contributed by atoms with Crippen LogP contribution in [0.2, 0.25) is 0 Å².